The van der Waals surface area contributed by atoms with E-state index < -0.39 is 27.8 Å². The minimum Gasteiger partial charge on any atom is -0.480 e. The fraction of sp³-hybridized carbons (Fsp3) is 0.778. The van der Waals surface area contributed by atoms with E-state index in [9.17, 15) is 18.0 Å². The summed E-state index contributed by atoms with van der Waals surface area (Å²) in [5, 5.41) is 8.39. The summed E-state index contributed by atoms with van der Waals surface area (Å²) in [5.74, 6) is -2.87. The SMILES string of the molecule is CCN(CC)C(=O)C(C)NS(=O)(=O)CC(=O)O. The second-order valence-electron chi connectivity index (χ2n) is 3.50. The molecule has 0 aliphatic heterocycles. The maximum atomic E-state index is 11.7. The Balaban J connectivity index is 4.59. The van der Waals surface area contributed by atoms with Crippen LogP contribution in [0.3, 0.4) is 0 Å². The van der Waals surface area contributed by atoms with E-state index in [0.29, 0.717) is 13.1 Å². The first-order chi connectivity index (χ1) is 7.73. The van der Waals surface area contributed by atoms with E-state index in [1.807, 2.05) is 4.72 Å². The minimum atomic E-state index is -3.97. The highest BCUT2D eigenvalue weighted by Crippen LogP contribution is 1.97. The number of carbonyl (C=O) groups excluding carboxylic acids is 1. The van der Waals surface area contributed by atoms with E-state index in [-0.39, 0.29) is 5.91 Å². The predicted octanol–water partition coefficient (Wildman–Crippen LogP) is -0.753. The second-order valence-corrected chi connectivity index (χ2v) is 5.26. The zero-order valence-electron chi connectivity index (χ0n) is 10.1. The lowest BCUT2D eigenvalue weighted by molar-refractivity contribution is -0.134. The lowest BCUT2D eigenvalue weighted by atomic mass is 10.3. The topological polar surface area (TPSA) is 104 Å². The van der Waals surface area contributed by atoms with Crippen molar-refractivity contribution >= 4 is 21.9 Å². The molecule has 1 atom stereocenters. The van der Waals surface area contributed by atoms with Crippen molar-refractivity contribution in [2.75, 3.05) is 18.8 Å². The second kappa shape index (κ2) is 6.55. The predicted molar refractivity (Wildman–Crippen MR) is 61.9 cm³/mol. The highest BCUT2D eigenvalue weighted by Gasteiger charge is 2.24. The molecule has 0 aliphatic carbocycles. The van der Waals surface area contributed by atoms with Crippen molar-refractivity contribution in [1.82, 2.24) is 9.62 Å². The van der Waals surface area contributed by atoms with Crippen LogP contribution in [0.5, 0.6) is 0 Å². The summed E-state index contributed by atoms with van der Waals surface area (Å²) in [6.07, 6.45) is 0. The molecule has 0 spiro atoms. The maximum Gasteiger partial charge on any atom is 0.320 e. The summed E-state index contributed by atoms with van der Waals surface area (Å²) in [6.45, 7) is 5.89. The number of carboxylic acids is 1. The molecule has 0 aromatic heterocycles. The van der Waals surface area contributed by atoms with Crippen molar-refractivity contribution in [2.24, 2.45) is 0 Å². The van der Waals surface area contributed by atoms with Crippen LogP contribution in [0.4, 0.5) is 0 Å². The van der Waals surface area contributed by atoms with Crippen molar-refractivity contribution < 1.29 is 23.1 Å². The average Bonchev–Trinajstić information content (AvgIpc) is 2.16. The summed E-state index contributed by atoms with van der Waals surface area (Å²) in [7, 11) is -3.97. The molecule has 0 aromatic rings. The third-order valence-corrected chi connectivity index (χ3v) is 3.46. The number of sulfonamides is 1. The Hall–Kier alpha value is -1.15. The van der Waals surface area contributed by atoms with E-state index in [4.69, 9.17) is 5.11 Å². The van der Waals surface area contributed by atoms with Gasteiger partial charge in [0.2, 0.25) is 15.9 Å². The Morgan fingerprint density at radius 3 is 2.12 bits per heavy atom. The number of hydrogen-bond acceptors (Lipinski definition) is 4. The number of likely N-dealkylation sites (N-methyl/N-ethyl adjacent to an activating group) is 1. The van der Waals surface area contributed by atoms with Gasteiger partial charge in [0.1, 0.15) is 0 Å². The number of carbonyl (C=O) groups is 2. The molecular weight excluding hydrogens is 248 g/mol. The van der Waals surface area contributed by atoms with E-state index in [2.05, 4.69) is 0 Å². The maximum absolute atomic E-state index is 11.7. The molecule has 0 heterocycles. The number of amides is 1. The molecule has 0 saturated heterocycles. The van der Waals surface area contributed by atoms with Gasteiger partial charge >= 0.3 is 5.97 Å². The molecule has 0 saturated carbocycles. The highest BCUT2D eigenvalue weighted by atomic mass is 32.2. The van der Waals surface area contributed by atoms with Crippen LogP contribution in [0.15, 0.2) is 0 Å². The van der Waals surface area contributed by atoms with Crippen LogP contribution in [-0.2, 0) is 19.6 Å². The number of hydrogen-bond donors (Lipinski definition) is 2. The van der Waals surface area contributed by atoms with Gasteiger partial charge in [-0.05, 0) is 20.8 Å². The minimum absolute atomic E-state index is 0.371. The van der Waals surface area contributed by atoms with E-state index in [0.717, 1.165) is 0 Å². The van der Waals surface area contributed by atoms with E-state index in [1.165, 1.54) is 11.8 Å². The van der Waals surface area contributed by atoms with Gasteiger partial charge in [-0.25, -0.2) is 13.1 Å². The largest absolute Gasteiger partial charge is 0.480 e. The normalized spacial score (nSPS) is 13.1. The van der Waals surface area contributed by atoms with Crippen LogP contribution in [-0.4, -0.2) is 55.2 Å². The lowest BCUT2D eigenvalue weighted by Gasteiger charge is -2.23. The summed E-state index contributed by atoms with van der Waals surface area (Å²) in [6, 6.07) is -0.959. The van der Waals surface area contributed by atoms with Crippen LogP contribution in [0.25, 0.3) is 0 Å². The number of nitrogens with zero attached hydrogens (tertiary/aromatic N) is 1. The number of aliphatic carboxylic acids is 1. The lowest BCUT2D eigenvalue weighted by Crippen LogP contribution is -2.47. The van der Waals surface area contributed by atoms with Crippen molar-refractivity contribution in [3.63, 3.8) is 0 Å². The van der Waals surface area contributed by atoms with Gasteiger partial charge < -0.3 is 10.0 Å². The summed E-state index contributed by atoms with van der Waals surface area (Å²) in [4.78, 5) is 23.5. The summed E-state index contributed by atoms with van der Waals surface area (Å²) >= 11 is 0. The molecule has 7 nitrogen and oxygen atoms in total. The Kier molecular flexibility index (Phi) is 6.11. The Labute approximate surface area is 101 Å². The van der Waals surface area contributed by atoms with Crippen LogP contribution in [0, 0.1) is 0 Å². The molecule has 0 bridgehead atoms. The Morgan fingerprint density at radius 1 is 1.29 bits per heavy atom. The summed E-state index contributed by atoms with van der Waals surface area (Å²) < 4.78 is 24.6. The van der Waals surface area contributed by atoms with Crippen molar-refractivity contribution in [3.05, 3.63) is 0 Å². The number of rotatable bonds is 7. The molecule has 1 amide bonds. The molecule has 17 heavy (non-hydrogen) atoms. The standard InChI is InChI=1S/C9H18N2O5S/c1-4-11(5-2)9(14)7(3)10-17(15,16)6-8(12)13/h7,10H,4-6H2,1-3H3,(H,12,13). The van der Waals surface area contributed by atoms with Crippen molar-refractivity contribution in [1.29, 1.82) is 0 Å². The fourth-order valence-corrected chi connectivity index (χ4v) is 2.38. The zero-order valence-corrected chi connectivity index (χ0v) is 11.0. The molecule has 0 rings (SSSR count). The molecule has 1 unspecified atom stereocenters. The summed E-state index contributed by atoms with van der Waals surface area (Å²) in [5.41, 5.74) is 0. The van der Waals surface area contributed by atoms with Gasteiger partial charge in [-0.3, -0.25) is 9.59 Å². The molecule has 0 aliphatic rings. The molecule has 2 N–H and O–H groups in total. The van der Waals surface area contributed by atoms with Gasteiger partial charge in [0.25, 0.3) is 0 Å². The first-order valence-electron chi connectivity index (χ1n) is 5.24. The van der Waals surface area contributed by atoms with Gasteiger partial charge in [-0.2, -0.15) is 0 Å². The highest BCUT2D eigenvalue weighted by molar-refractivity contribution is 7.90. The van der Waals surface area contributed by atoms with Crippen molar-refractivity contribution in [2.45, 2.75) is 26.8 Å². The number of nitrogens with one attached hydrogen (secondary N) is 1. The third-order valence-electron chi connectivity index (χ3n) is 2.12. The van der Waals surface area contributed by atoms with Crippen molar-refractivity contribution in [3.8, 4) is 0 Å². The van der Waals surface area contributed by atoms with E-state index in [1.54, 1.807) is 13.8 Å². The fourth-order valence-electron chi connectivity index (χ4n) is 1.33. The molecule has 100 valence electrons. The van der Waals surface area contributed by atoms with Crippen LogP contribution >= 0.6 is 0 Å². The number of carboxylic acid groups (broad SMARTS) is 1. The Morgan fingerprint density at radius 2 is 1.76 bits per heavy atom. The molecular formula is C9H18N2O5S. The van der Waals surface area contributed by atoms with Gasteiger partial charge in [-0.1, -0.05) is 0 Å². The smallest absolute Gasteiger partial charge is 0.320 e. The first kappa shape index (κ1) is 15.9. The van der Waals surface area contributed by atoms with Gasteiger partial charge in [0, 0.05) is 13.1 Å². The molecule has 0 radical (unpaired) electrons. The Bertz CT molecular complexity index is 375. The zero-order chi connectivity index (χ0) is 13.6. The van der Waals surface area contributed by atoms with Crippen LogP contribution < -0.4 is 4.72 Å². The quantitative estimate of drug-likeness (QED) is 0.631. The molecule has 0 aromatic carbocycles. The van der Waals surface area contributed by atoms with E-state index >= 15 is 0 Å². The third kappa shape index (κ3) is 5.64. The molecule has 0 fully saturated rings. The first-order valence-corrected chi connectivity index (χ1v) is 6.89. The van der Waals surface area contributed by atoms with Gasteiger partial charge in [-0.15, -0.1) is 0 Å². The average molecular weight is 266 g/mol. The van der Waals surface area contributed by atoms with Crippen LogP contribution in [0.1, 0.15) is 20.8 Å². The monoisotopic (exact) mass is 266 g/mol. The van der Waals surface area contributed by atoms with Crippen LogP contribution in [0.2, 0.25) is 0 Å². The van der Waals surface area contributed by atoms with Gasteiger partial charge in [0.15, 0.2) is 5.75 Å². The van der Waals surface area contributed by atoms with Gasteiger partial charge in [0.05, 0.1) is 6.04 Å². The molecule has 8 heteroatoms.